The van der Waals surface area contributed by atoms with Crippen molar-refractivity contribution in [2.75, 3.05) is 0 Å². The van der Waals surface area contributed by atoms with Gasteiger partial charge in [-0.25, -0.2) is 0 Å². The summed E-state index contributed by atoms with van der Waals surface area (Å²) < 4.78 is 62.2. The van der Waals surface area contributed by atoms with Crippen LogP contribution in [0.4, 0.5) is 22.0 Å². The number of nitrogens with zero attached hydrogens (tertiary/aromatic N) is 1. The average Bonchev–Trinajstić information content (AvgIpc) is 2.26. The molecule has 0 spiro atoms. The van der Waals surface area contributed by atoms with E-state index in [-0.39, 0.29) is 18.0 Å². The van der Waals surface area contributed by atoms with E-state index in [4.69, 9.17) is 11.0 Å². The van der Waals surface area contributed by atoms with Crippen molar-refractivity contribution >= 4 is 12.4 Å². The molecule has 0 bridgehead atoms. The van der Waals surface area contributed by atoms with Crippen molar-refractivity contribution in [1.29, 1.82) is 5.26 Å². The lowest BCUT2D eigenvalue weighted by molar-refractivity contribution is -0.291. The minimum absolute atomic E-state index is 0. The van der Waals surface area contributed by atoms with E-state index in [1.165, 1.54) is 18.2 Å². The number of hydrogen-bond donors (Lipinski definition) is 1. The highest BCUT2D eigenvalue weighted by Gasteiger charge is 2.62. The Morgan fingerprint density at radius 2 is 1.61 bits per heavy atom. The van der Waals surface area contributed by atoms with Gasteiger partial charge in [0.15, 0.2) is 0 Å². The molecule has 100 valence electrons. The fraction of sp³-hybridized carbons (Fsp3) is 0.300. The standard InChI is InChI=1S/C10H7F5N2.ClH/c11-9(12,10(13,14)15)8(17)7-4-2-1-3-6(7)5-16;/h1-4,8H,17H2;1H/t8-;/m1./s1. The molecule has 2 N–H and O–H groups in total. The molecule has 18 heavy (non-hydrogen) atoms. The molecule has 1 rings (SSSR count). The molecule has 0 saturated carbocycles. The number of benzene rings is 1. The van der Waals surface area contributed by atoms with Gasteiger partial charge in [-0.2, -0.15) is 27.2 Å². The summed E-state index contributed by atoms with van der Waals surface area (Å²) in [6.45, 7) is 0. The Hall–Kier alpha value is -1.39. The van der Waals surface area contributed by atoms with Crippen molar-refractivity contribution in [3.63, 3.8) is 0 Å². The second-order valence-electron chi connectivity index (χ2n) is 3.30. The van der Waals surface area contributed by atoms with Crippen molar-refractivity contribution in [2.45, 2.75) is 18.1 Å². The van der Waals surface area contributed by atoms with Crippen molar-refractivity contribution in [3.05, 3.63) is 35.4 Å². The first-order valence-corrected chi connectivity index (χ1v) is 4.41. The van der Waals surface area contributed by atoms with Crippen LogP contribution in [0.3, 0.4) is 0 Å². The fourth-order valence-electron chi connectivity index (χ4n) is 1.24. The third-order valence-electron chi connectivity index (χ3n) is 2.18. The number of alkyl halides is 5. The molecule has 0 aliphatic heterocycles. The second kappa shape index (κ2) is 5.50. The molecule has 0 unspecified atom stereocenters. The lowest BCUT2D eigenvalue weighted by Gasteiger charge is -2.26. The van der Waals surface area contributed by atoms with Crippen LogP contribution in [0.1, 0.15) is 17.2 Å². The van der Waals surface area contributed by atoms with Crippen LogP contribution in [0.2, 0.25) is 0 Å². The van der Waals surface area contributed by atoms with E-state index < -0.39 is 23.7 Å². The highest BCUT2D eigenvalue weighted by atomic mass is 35.5. The molecule has 2 nitrogen and oxygen atoms in total. The van der Waals surface area contributed by atoms with Crippen LogP contribution in [0.15, 0.2) is 24.3 Å². The molecule has 0 radical (unpaired) electrons. The molecule has 0 amide bonds. The highest BCUT2D eigenvalue weighted by Crippen LogP contribution is 2.43. The first-order chi connectivity index (χ1) is 7.71. The molecule has 8 heteroatoms. The maximum Gasteiger partial charge on any atom is 0.455 e. The van der Waals surface area contributed by atoms with E-state index in [0.29, 0.717) is 0 Å². The maximum absolute atomic E-state index is 13.0. The van der Waals surface area contributed by atoms with Crippen molar-refractivity contribution in [2.24, 2.45) is 5.73 Å². The van der Waals surface area contributed by atoms with Gasteiger partial charge in [-0.3, -0.25) is 0 Å². The summed E-state index contributed by atoms with van der Waals surface area (Å²) in [6, 6.07) is 3.61. The normalized spacial score (nSPS) is 13.4. The van der Waals surface area contributed by atoms with Crippen LogP contribution in [-0.4, -0.2) is 12.1 Å². The first-order valence-electron chi connectivity index (χ1n) is 4.41. The summed E-state index contributed by atoms with van der Waals surface area (Å²) in [4.78, 5) is 0. The van der Waals surface area contributed by atoms with Gasteiger partial charge in [-0.1, -0.05) is 18.2 Å². The Morgan fingerprint density at radius 3 is 2.06 bits per heavy atom. The summed E-state index contributed by atoms with van der Waals surface area (Å²) >= 11 is 0. The summed E-state index contributed by atoms with van der Waals surface area (Å²) in [7, 11) is 0. The second-order valence-corrected chi connectivity index (χ2v) is 3.30. The molecule has 0 aliphatic carbocycles. The largest absolute Gasteiger partial charge is 0.455 e. The number of nitrogens with two attached hydrogens (primary N) is 1. The first kappa shape index (κ1) is 16.6. The van der Waals surface area contributed by atoms with Gasteiger partial charge in [0.05, 0.1) is 11.6 Å². The number of rotatable bonds is 2. The van der Waals surface area contributed by atoms with Gasteiger partial charge in [0.25, 0.3) is 0 Å². The maximum atomic E-state index is 13.0. The quantitative estimate of drug-likeness (QED) is 0.849. The van der Waals surface area contributed by atoms with Crippen molar-refractivity contribution in [1.82, 2.24) is 0 Å². The van der Waals surface area contributed by atoms with Crippen molar-refractivity contribution < 1.29 is 22.0 Å². The zero-order valence-electron chi connectivity index (χ0n) is 8.71. The number of halogens is 6. The SMILES string of the molecule is Cl.N#Cc1ccccc1[C@@H](N)C(F)(F)C(F)(F)F. The third kappa shape index (κ3) is 2.89. The van der Waals surface area contributed by atoms with E-state index in [1.807, 2.05) is 0 Å². The molecule has 0 fully saturated rings. The Kier molecular flexibility index (Phi) is 5.08. The Balaban J connectivity index is 0.00000289. The fourth-order valence-corrected chi connectivity index (χ4v) is 1.24. The molecule has 1 aromatic carbocycles. The van der Waals surface area contributed by atoms with Crippen LogP contribution < -0.4 is 5.73 Å². The molecule has 0 heterocycles. The molecule has 1 aromatic rings. The molecule has 1 atom stereocenters. The van der Waals surface area contributed by atoms with E-state index in [2.05, 4.69) is 0 Å². The topological polar surface area (TPSA) is 49.8 Å². The number of nitriles is 1. The van der Waals surface area contributed by atoms with Gasteiger partial charge in [-0.15, -0.1) is 12.4 Å². The summed E-state index contributed by atoms with van der Waals surface area (Å²) in [6.07, 6.45) is -5.75. The van der Waals surface area contributed by atoms with Gasteiger partial charge in [0, 0.05) is 0 Å². The molecular weight excluding hydrogens is 279 g/mol. The van der Waals surface area contributed by atoms with Gasteiger partial charge in [-0.05, 0) is 11.6 Å². The summed E-state index contributed by atoms with van der Waals surface area (Å²) in [5, 5.41) is 8.60. The van der Waals surface area contributed by atoms with E-state index in [9.17, 15) is 22.0 Å². The molecule has 0 aromatic heterocycles. The highest BCUT2D eigenvalue weighted by molar-refractivity contribution is 5.85. The number of hydrogen-bond acceptors (Lipinski definition) is 2. The minimum Gasteiger partial charge on any atom is -0.319 e. The van der Waals surface area contributed by atoms with E-state index in [0.717, 1.165) is 12.1 Å². The Morgan fingerprint density at radius 1 is 1.11 bits per heavy atom. The van der Waals surface area contributed by atoms with Gasteiger partial charge in [0.1, 0.15) is 6.04 Å². The van der Waals surface area contributed by atoms with Crippen LogP contribution in [-0.2, 0) is 0 Å². The van der Waals surface area contributed by atoms with Crippen LogP contribution in [0.5, 0.6) is 0 Å². The van der Waals surface area contributed by atoms with Crippen LogP contribution in [0, 0.1) is 11.3 Å². The van der Waals surface area contributed by atoms with Gasteiger partial charge in [0.2, 0.25) is 0 Å². The summed E-state index contributed by atoms with van der Waals surface area (Å²) in [5.41, 5.74) is 4.08. The molecular formula is C10H8ClF5N2. The molecule has 0 aliphatic rings. The van der Waals surface area contributed by atoms with Crippen LogP contribution in [0.25, 0.3) is 0 Å². The predicted molar refractivity (Wildman–Crippen MR) is 56.3 cm³/mol. The Labute approximate surface area is 106 Å². The monoisotopic (exact) mass is 286 g/mol. The van der Waals surface area contributed by atoms with Gasteiger partial charge >= 0.3 is 12.1 Å². The summed E-state index contributed by atoms with van der Waals surface area (Å²) in [5.74, 6) is -5.08. The smallest absolute Gasteiger partial charge is 0.319 e. The van der Waals surface area contributed by atoms with Crippen molar-refractivity contribution in [3.8, 4) is 6.07 Å². The van der Waals surface area contributed by atoms with Gasteiger partial charge < -0.3 is 5.73 Å². The average molecular weight is 287 g/mol. The zero-order valence-corrected chi connectivity index (χ0v) is 9.53. The zero-order chi connectivity index (χ0) is 13.3. The lowest BCUT2D eigenvalue weighted by Crippen LogP contribution is -2.46. The Bertz CT molecular complexity index is 452. The lowest BCUT2D eigenvalue weighted by atomic mass is 9.96. The predicted octanol–water partition coefficient (Wildman–Crippen LogP) is 3.18. The van der Waals surface area contributed by atoms with Crippen LogP contribution >= 0.6 is 12.4 Å². The van der Waals surface area contributed by atoms with E-state index >= 15 is 0 Å². The van der Waals surface area contributed by atoms with E-state index in [1.54, 1.807) is 0 Å². The third-order valence-corrected chi connectivity index (χ3v) is 2.18. The molecule has 0 saturated heterocycles. The minimum atomic E-state index is -5.75.